The van der Waals surface area contributed by atoms with Gasteiger partial charge in [-0.25, -0.2) is 0 Å². The number of hydrogen-bond donors (Lipinski definition) is 1. The van der Waals surface area contributed by atoms with E-state index in [2.05, 4.69) is 18.7 Å². The molecule has 2 saturated heterocycles. The van der Waals surface area contributed by atoms with Gasteiger partial charge in [0.2, 0.25) is 0 Å². The second-order valence-corrected chi connectivity index (χ2v) is 11.5. The van der Waals surface area contributed by atoms with E-state index in [0.717, 1.165) is 56.9 Å². The summed E-state index contributed by atoms with van der Waals surface area (Å²) in [7, 11) is 0. The number of alkyl halides is 3. The van der Waals surface area contributed by atoms with Crippen LogP contribution in [-0.4, -0.2) is 34.2 Å². The lowest BCUT2D eigenvalue weighted by Crippen LogP contribution is -2.54. The van der Waals surface area contributed by atoms with Crippen molar-refractivity contribution in [2.45, 2.75) is 108 Å². The van der Waals surface area contributed by atoms with Crippen molar-refractivity contribution in [2.24, 2.45) is 11.8 Å². The molecule has 2 bridgehead atoms. The Balaban J connectivity index is 1.51. The summed E-state index contributed by atoms with van der Waals surface area (Å²) in [6.45, 7) is 4.25. The summed E-state index contributed by atoms with van der Waals surface area (Å²) in [5.41, 5.74) is 0.194. The van der Waals surface area contributed by atoms with Crippen LogP contribution in [0, 0.1) is 11.8 Å². The fourth-order valence-electron chi connectivity index (χ4n) is 7.19. The van der Waals surface area contributed by atoms with E-state index in [9.17, 15) is 23.1 Å². The molecule has 3 atom stereocenters. The van der Waals surface area contributed by atoms with E-state index in [0.29, 0.717) is 24.1 Å². The first-order valence-electron chi connectivity index (χ1n) is 14.0. The summed E-state index contributed by atoms with van der Waals surface area (Å²) in [4.78, 5) is 14.2. The Morgan fingerprint density at radius 2 is 1.70 bits per heavy atom. The molecule has 4 nitrogen and oxygen atoms in total. The lowest BCUT2D eigenvalue weighted by atomic mass is 9.76. The maximum absolute atomic E-state index is 14.5. The van der Waals surface area contributed by atoms with Crippen LogP contribution in [-0.2, 0) is 11.0 Å². The summed E-state index contributed by atoms with van der Waals surface area (Å²) < 4.78 is 49.6. The molecule has 2 heterocycles. The Bertz CT molecular complexity index is 1110. The van der Waals surface area contributed by atoms with Crippen molar-refractivity contribution in [3.05, 3.63) is 41.5 Å². The summed E-state index contributed by atoms with van der Waals surface area (Å²) in [6.07, 6.45) is 3.73. The lowest BCUT2D eigenvalue weighted by Gasteiger charge is -2.51. The summed E-state index contributed by atoms with van der Waals surface area (Å²) in [5, 5.41) is 10.4. The molecule has 5 rings (SSSR count). The molecule has 2 aliphatic heterocycles. The number of halogens is 3. The summed E-state index contributed by atoms with van der Waals surface area (Å²) in [6, 6.07) is 8.97. The third-order valence-corrected chi connectivity index (χ3v) is 9.06. The van der Waals surface area contributed by atoms with Crippen molar-refractivity contribution in [3.8, 4) is 5.75 Å². The van der Waals surface area contributed by atoms with Crippen molar-refractivity contribution in [3.63, 3.8) is 0 Å². The number of carboxylic acid groups (broad SMARTS) is 1. The van der Waals surface area contributed by atoms with Crippen LogP contribution >= 0.6 is 0 Å². The number of aliphatic carboxylic acids is 1. The Hall–Kier alpha value is -2.28. The van der Waals surface area contributed by atoms with E-state index < -0.39 is 17.7 Å². The Kier molecular flexibility index (Phi) is 7.45. The molecule has 1 N–H and O–H groups in total. The van der Waals surface area contributed by atoms with Crippen molar-refractivity contribution in [1.82, 2.24) is 4.90 Å². The first kappa shape index (κ1) is 26.3. The van der Waals surface area contributed by atoms with E-state index in [-0.39, 0.29) is 41.3 Å². The molecule has 3 fully saturated rings. The Morgan fingerprint density at radius 1 is 1.05 bits per heavy atom. The second kappa shape index (κ2) is 10.5. The van der Waals surface area contributed by atoms with Gasteiger partial charge in [-0.05, 0) is 92.2 Å². The highest BCUT2D eigenvalue weighted by atomic mass is 19.4. The lowest BCUT2D eigenvalue weighted by molar-refractivity contribution is -0.147. The normalized spacial score (nSPS) is 29.7. The fraction of sp³-hybridized carbons (Fsp3) is 0.633. The smallest absolute Gasteiger partial charge is 0.420 e. The van der Waals surface area contributed by atoms with Gasteiger partial charge in [0.25, 0.3) is 0 Å². The van der Waals surface area contributed by atoms with Gasteiger partial charge in [0.05, 0.1) is 12.0 Å². The van der Waals surface area contributed by atoms with Gasteiger partial charge < -0.3 is 9.84 Å². The molecule has 0 radical (unpaired) electrons. The fourth-order valence-corrected chi connectivity index (χ4v) is 7.19. The van der Waals surface area contributed by atoms with Gasteiger partial charge in [0.15, 0.2) is 0 Å². The minimum atomic E-state index is -4.53. The molecule has 1 saturated carbocycles. The van der Waals surface area contributed by atoms with Gasteiger partial charge in [-0.2, -0.15) is 13.2 Å². The maximum Gasteiger partial charge on any atom is 0.420 e. The van der Waals surface area contributed by atoms with Crippen LogP contribution in [0.2, 0.25) is 0 Å². The first-order chi connectivity index (χ1) is 17.7. The molecule has 1 aliphatic carbocycles. The zero-order valence-corrected chi connectivity index (χ0v) is 21.8. The summed E-state index contributed by atoms with van der Waals surface area (Å²) in [5.74, 6) is -0.541. The van der Waals surface area contributed by atoms with Crippen LogP contribution in [0.25, 0.3) is 10.8 Å². The molecular weight excluding hydrogens is 479 g/mol. The van der Waals surface area contributed by atoms with Gasteiger partial charge in [0.1, 0.15) is 11.3 Å². The molecule has 3 aliphatic rings. The van der Waals surface area contributed by atoms with Crippen molar-refractivity contribution >= 4 is 16.7 Å². The van der Waals surface area contributed by atoms with Crippen LogP contribution in [0.3, 0.4) is 0 Å². The van der Waals surface area contributed by atoms with Gasteiger partial charge >= 0.3 is 12.1 Å². The van der Waals surface area contributed by atoms with Gasteiger partial charge in [-0.1, -0.05) is 38.5 Å². The van der Waals surface area contributed by atoms with E-state index in [1.54, 1.807) is 18.2 Å². The minimum Gasteiger partial charge on any atom is -0.490 e. The molecular formula is C30H38F3NO3. The predicted molar refractivity (Wildman–Crippen MR) is 138 cm³/mol. The number of fused-ring (bicyclic) bond motifs is 3. The first-order valence-corrected chi connectivity index (χ1v) is 14.0. The Morgan fingerprint density at radius 3 is 2.30 bits per heavy atom. The third kappa shape index (κ3) is 5.34. The standard InChI is InChI=1S/C30H38F3NO3/c1-3-26(34-22-5-4-6-23(34)16-21(15-22)29(35)36)20-10-9-19-11-14-27(28(25(19)17-20)30(31,32)33)37-24-12-7-18(2)8-13-24/h9-11,14,17-18,21-24,26H,3-8,12-13,15-16H2,1-2H3,(H,35,36)/t18-,21?,22?,23?,24+,26?. The van der Waals surface area contributed by atoms with Crippen molar-refractivity contribution < 1.29 is 27.8 Å². The Labute approximate surface area is 217 Å². The van der Waals surface area contributed by atoms with E-state index in [1.807, 2.05) is 6.07 Å². The van der Waals surface area contributed by atoms with Gasteiger partial charge in [-0.15, -0.1) is 0 Å². The van der Waals surface area contributed by atoms with Crippen molar-refractivity contribution in [2.75, 3.05) is 0 Å². The summed E-state index contributed by atoms with van der Waals surface area (Å²) >= 11 is 0. The largest absolute Gasteiger partial charge is 0.490 e. The zero-order valence-electron chi connectivity index (χ0n) is 21.8. The van der Waals surface area contributed by atoms with E-state index >= 15 is 0 Å². The number of carbonyl (C=O) groups is 1. The van der Waals surface area contributed by atoms with Crippen LogP contribution < -0.4 is 4.74 Å². The van der Waals surface area contributed by atoms with Crippen LogP contribution in [0.5, 0.6) is 5.75 Å². The average Bonchev–Trinajstić information content (AvgIpc) is 2.84. The molecule has 0 aromatic heterocycles. The van der Waals surface area contributed by atoms with Gasteiger partial charge in [0, 0.05) is 18.1 Å². The maximum atomic E-state index is 14.5. The van der Waals surface area contributed by atoms with Crippen LogP contribution in [0.4, 0.5) is 13.2 Å². The quantitative estimate of drug-likeness (QED) is 0.422. The number of rotatable bonds is 6. The van der Waals surface area contributed by atoms with E-state index in [4.69, 9.17) is 4.74 Å². The molecule has 7 heteroatoms. The van der Waals surface area contributed by atoms with Gasteiger partial charge in [-0.3, -0.25) is 9.69 Å². The molecule has 202 valence electrons. The average molecular weight is 518 g/mol. The van der Waals surface area contributed by atoms with E-state index in [1.165, 1.54) is 6.07 Å². The molecule has 0 amide bonds. The second-order valence-electron chi connectivity index (χ2n) is 11.5. The number of nitrogens with zero attached hydrogens (tertiary/aromatic N) is 1. The number of hydrogen-bond acceptors (Lipinski definition) is 3. The monoisotopic (exact) mass is 517 g/mol. The number of benzene rings is 2. The number of piperidine rings is 2. The molecule has 37 heavy (non-hydrogen) atoms. The highest BCUT2D eigenvalue weighted by Gasteiger charge is 2.44. The van der Waals surface area contributed by atoms with Crippen LogP contribution in [0.1, 0.15) is 95.2 Å². The minimum absolute atomic E-state index is 0.0417. The topological polar surface area (TPSA) is 49.8 Å². The molecule has 2 aromatic rings. The molecule has 3 unspecified atom stereocenters. The van der Waals surface area contributed by atoms with Crippen molar-refractivity contribution in [1.29, 1.82) is 0 Å². The molecule has 0 spiro atoms. The highest BCUT2D eigenvalue weighted by molar-refractivity contribution is 5.89. The SMILES string of the molecule is CCC(c1ccc2ccc(O[C@H]3CC[C@@H](C)CC3)c(C(F)(F)F)c2c1)N1C2CCCC1CC(C(=O)O)C2. The number of ether oxygens (including phenoxy) is 1. The predicted octanol–water partition coefficient (Wildman–Crippen LogP) is 7.98. The van der Waals surface area contributed by atoms with Crippen LogP contribution in [0.15, 0.2) is 30.3 Å². The zero-order chi connectivity index (χ0) is 26.3. The number of carboxylic acids is 1. The molecule has 2 aromatic carbocycles. The highest BCUT2D eigenvalue weighted by Crippen LogP contribution is 2.46. The third-order valence-electron chi connectivity index (χ3n) is 9.06.